The maximum atomic E-state index is 12.0. The van der Waals surface area contributed by atoms with E-state index >= 15 is 0 Å². The van der Waals surface area contributed by atoms with Crippen molar-refractivity contribution in [2.24, 2.45) is 5.10 Å². The Hall–Kier alpha value is -2.07. The molecule has 30 heavy (non-hydrogen) atoms. The summed E-state index contributed by atoms with van der Waals surface area (Å²) in [5, 5.41) is 13.0. The summed E-state index contributed by atoms with van der Waals surface area (Å²) in [5.41, 5.74) is 5.61. The number of benzene rings is 2. The van der Waals surface area contributed by atoms with E-state index in [1.54, 1.807) is 18.0 Å². The maximum absolute atomic E-state index is 12.0. The molecule has 3 rings (SSSR count). The van der Waals surface area contributed by atoms with Gasteiger partial charge in [-0.05, 0) is 29.3 Å². The van der Waals surface area contributed by atoms with E-state index in [4.69, 9.17) is 11.6 Å². The molecular weight excluding hydrogens is 458 g/mol. The smallest absolute Gasteiger partial charge is 0.250 e. The second-order valence-electron chi connectivity index (χ2n) is 6.28. The first kappa shape index (κ1) is 22.6. The number of thioether (sulfide) groups is 2. The molecule has 3 aromatic rings. The number of hydrazone groups is 1. The second-order valence-corrected chi connectivity index (χ2v) is 10.1. The molecule has 1 aromatic heterocycles. The Morgan fingerprint density at radius 3 is 2.53 bits per heavy atom. The first-order valence-corrected chi connectivity index (χ1v) is 12.1. The van der Waals surface area contributed by atoms with Crippen molar-refractivity contribution in [3.8, 4) is 0 Å². The molecule has 0 saturated carbocycles. The quantitative estimate of drug-likeness (QED) is 0.271. The topological polar surface area (TPSA) is 70.5 Å². The summed E-state index contributed by atoms with van der Waals surface area (Å²) in [5.74, 6) is 0.756. The van der Waals surface area contributed by atoms with Crippen molar-refractivity contribution in [2.45, 2.75) is 14.4 Å². The molecule has 0 aliphatic carbocycles. The summed E-state index contributed by atoms with van der Waals surface area (Å²) in [6.45, 7) is 0. The zero-order valence-corrected chi connectivity index (χ0v) is 19.6. The van der Waals surface area contributed by atoms with Crippen LogP contribution in [0, 0.1) is 0 Å². The Bertz CT molecular complexity index is 1010. The Labute approximate surface area is 193 Å². The van der Waals surface area contributed by atoms with Crippen LogP contribution >= 0.6 is 46.5 Å². The highest BCUT2D eigenvalue weighted by molar-refractivity contribution is 8.03. The molecular formula is C20H20ClN5OS3. The summed E-state index contributed by atoms with van der Waals surface area (Å²) in [6.07, 6.45) is 1.62. The molecule has 0 bridgehead atoms. The summed E-state index contributed by atoms with van der Waals surface area (Å²) in [6, 6.07) is 15.6. The molecule has 10 heteroatoms. The minimum atomic E-state index is -0.193. The third-order valence-electron chi connectivity index (χ3n) is 3.84. The molecule has 6 nitrogen and oxygen atoms in total. The standard InChI is InChI=1S/C20H20ClN5OS3/c1-26(2)16-9-7-14(8-10-16)11-22-23-18(27)13-29-20-25-24-19(30-20)28-12-15-5-3-4-6-17(15)21/h3-11H,12-13H2,1-2H3,(H,23,27)/b22-11-. The number of hydrogen-bond acceptors (Lipinski definition) is 8. The van der Waals surface area contributed by atoms with E-state index in [1.165, 1.54) is 23.1 Å². The van der Waals surface area contributed by atoms with Gasteiger partial charge in [0.05, 0.1) is 12.0 Å². The van der Waals surface area contributed by atoms with Gasteiger partial charge < -0.3 is 4.90 Å². The number of carbonyl (C=O) groups is 1. The number of hydrogen-bond donors (Lipinski definition) is 1. The molecule has 0 fully saturated rings. The van der Waals surface area contributed by atoms with Crippen LogP contribution in [0.2, 0.25) is 5.02 Å². The van der Waals surface area contributed by atoms with Crippen LogP contribution in [0.3, 0.4) is 0 Å². The van der Waals surface area contributed by atoms with Crippen LogP contribution in [-0.2, 0) is 10.5 Å². The molecule has 1 amide bonds. The first-order valence-electron chi connectivity index (χ1n) is 8.93. The van der Waals surface area contributed by atoms with Gasteiger partial charge in [-0.25, -0.2) is 5.43 Å². The minimum absolute atomic E-state index is 0.193. The van der Waals surface area contributed by atoms with Gasteiger partial charge in [-0.15, -0.1) is 10.2 Å². The van der Waals surface area contributed by atoms with Crippen LogP contribution in [0.5, 0.6) is 0 Å². The molecule has 0 unspecified atom stereocenters. The van der Waals surface area contributed by atoms with Crippen LogP contribution in [0.25, 0.3) is 0 Å². The molecule has 0 saturated heterocycles. The summed E-state index contributed by atoms with van der Waals surface area (Å²) in [7, 11) is 3.97. The normalized spacial score (nSPS) is 11.0. The highest BCUT2D eigenvalue weighted by atomic mass is 35.5. The molecule has 0 atom stereocenters. The van der Waals surface area contributed by atoms with Gasteiger partial charge in [0.15, 0.2) is 8.68 Å². The Morgan fingerprint density at radius 1 is 1.13 bits per heavy atom. The number of nitrogens with zero attached hydrogens (tertiary/aromatic N) is 4. The van der Waals surface area contributed by atoms with Gasteiger partial charge in [-0.2, -0.15) is 5.10 Å². The van der Waals surface area contributed by atoms with E-state index in [0.717, 1.165) is 36.3 Å². The number of carbonyl (C=O) groups excluding carboxylic acids is 1. The highest BCUT2D eigenvalue weighted by Crippen LogP contribution is 2.32. The molecule has 156 valence electrons. The third kappa shape index (κ3) is 7.02. The van der Waals surface area contributed by atoms with Crippen molar-refractivity contribution in [3.63, 3.8) is 0 Å². The first-order chi connectivity index (χ1) is 14.5. The molecule has 0 aliphatic heterocycles. The van der Waals surface area contributed by atoms with Crippen molar-refractivity contribution in [3.05, 3.63) is 64.7 Å². The number of anilines is 1. The fraction of sp³-hybridized carbons (Fsp3) is 0.200. The fourth-order valence-electron chi connectivity index (χ4n) is 2.27. The fourth-order valence-corrected chi connectivity index (χ4v) is 5.36. The number of amides is 1. The lowest BCUT2D eigenvalue weighted by Gasteiger charge is -2.11. The average Bonchev–Trinajstić information content (AvgIpc) is 3.20. The second kappa shape index (κ2) is 11.4. The van der Waals surface area contributed by atoms with E-state index in [2.05, 4.69) is 20.7 Å². The number of halogens is 1. The lowest BCUT2D eigenvalue weighted by atomic mass is 10.2. The van der Waals surface area contributed by atoms with E-state index in [1.807, 2.05) is 67.5 Å². The van der Waals surface area contributed by atoms with Crippen molar-refractivity contribution in [1.82, 2.24) is 15.6 Å². The molecule has 0 aliphatic rings. The van der Waals surface area contributed by atoms with Gasteiger partial charge in [0.1, 0.15) is 0 Å². The Morgan fingerprint density at radius 2 is 1.83 bits per heavy atom. The van der Waals surface area contributed by atoms with Crippen LogP contribution in [0.15, 0.2) is 62.3 Å². The highest BCUT2D eigenvalue weighted by Gasteiger charge is 2.09. The largest absolute Gasteiger partial charge is 0.378 e. The third-order valence-corrected chi connectivity index (χ3v) is 7.44. The van der Waals surface area contributed by atoms with E-state index < -0.39 is 0 Å². The van der Waals surface area contributed by atoms with Gasteiger partial charge in [0.25, 0.3) is 5.91 Å². The van der Waals surface area contributed by atoms with E-state index in [0.29, 0.717) is 0 Å². The van der Waals surface area contributed by atoms with Crippen LogP contribution in [-0.4, -0.2) is 42.2 Å². The predicted molar refractivity (Wildman–Crippen MR) is 128 cm³/mol. The molecule has 0 radical (unpaired) electrons. The van der Waals surface area contributed by atoms with Crippen LogP contribution in [0.4, 0.5) is 5.69 Å². The van der Waals surface area contributed by atoms with Crippen molar-refractivity contribution < 1.29 is 4.79 Å². The number of aromatic nitrogens is 2. The zero-order valence-electron chi connectivity index (χ0n) is 16.4. The monoisotopic (exact) mass is 477 g/mol. The number of rotatable bonds is 9. The van der Waals surface area contributed by atoms with Gasteiger partial charge >= 0.3 is 0 Å². The average molecular weight is 478 g/mol. The Balaban J connectivity index is 1.41. The van der Waals surface area contributed by atoms with Gasteiger partial charge in [-0.3, -0.25) is 4.79 Å². The van der Waals surface area contributed by atoms with Crippen molar-refractivity contribution in [1.29, 1.82) is 0 Å². The van der Waals surface area contributed by atoms with Crippen molar-refractivity contribution >= 4 is 64.3 Å². The Kier molecular flexibility index (Phi) is 8.56. The predicted octanol–water partition coefficient (Wildman–Crippen LogP) is 4.79. The molecule has 2 aromatic carbocycles. The van der Waals surface area contributed by atoms with Gasteiger partial charge in [-0.1, -0.05) is 76.8 Å². The van der Waals surface area contributed by atoms with Crippen molar-refractivity contribution in [2.75, 3.05) is 24.7 Å². The van der Waals surface area contributed by atoms with Crippen LogP contribution < -0.4 is 10.3 Å². The van der Waals surface area contributed by atoms with Gasteiger partial charge in [0.2, 0.25) is 0 Å². The number of nitrogens with one attached hydrogen (secondary N) is 1. The minimum Gasteiger partial charge on any atom is -0.378 e. The maximum Gasteiger partial charge on any atom is 0.250 e. The molecule has 1 N–H and O–H groups in total. The zero-order chi connectivity index (χ0) is 21.3. The summed E-state index contributed by atoms with van der Waals surface area (Å²) in [4.78, 5) is 14.0. The van der Waals surface area contributed by atoms with E-state index in [9.17, 15) is 4.79 Å². The molecule has 1 heterocycles. The summed E-state index contributed by atoms with van der Waals surface area (Å²) < 4.78 is 1.59. The van der Waals surface area contributed by atoms with Gasteiger partial charge in [0, 0.05) is 30.6 Å². The van der Waals surface area contributed by atoms with E-state index in [-0.39, 0.29) is 11.7 Å². The molecule has 0 spiro atoms. The lowest BCUT2D eigenvalue weighted by molar-refractivity contribution is -0.118. The lowest BCUT2D eigenvalue weighted by Crippen LogP contribution is -2.19. The van der Waals surface area contributed by atoms with Crippen LogP contribution in [0.1, 0.15) is 11.1 Å². The SMILES string of the molecule is CN(C)c1ccc(/C=N\NC(=O)CSc2nnc(SCc3ccccc3Cl)s2)cc1. The summed E-state index contributed by atoms with van der Waals surface area (Å²) >= 11 is 10.6.